The molecule has 0 radical (unpaired) electrons. The van der Waals surface area contributed by atoms with Gasteiger partial charge in [-0.3, -0.25) is 14.4 Å². The van der Waals surface area contributed by atoms with Crippen LogP contribution in [-0.4, -0.2) is 52.6 Å². The standard InChI is InChI=1S/C18H22F3N5O5/c1-2-3-13(27)12(7-15(29)30)26-14(28)8-24-16(31)9-4-10(18(19,20)21)6-11(5-9)25-17(22)23/h2,4-6,12-13,27H,1,3,7-8H2,(H,24,31)(H,26,28)(H,29,30)(H4,22,23,25). The number of aliphatic imine (C=N–C) groups is 1. The van der Waals surface area contributed by atoms with Crippen molar-refractivity contribution < 1.29 is 37.8 Å². The highest BCUT2D eigenvalue weighted by Crippen LogP contribution is 2.32. The van der Waals surface area contributed by atoms with Crippen molar-refractivity contribution in [2.75, 3.05) is 6.54 Å². The van der Waals surface area contributed by atoms with Crippen LogP contribution in [0.15, 0.2) is 35.8 Å². The number of guanidine groups is 1. The molecule has 2 unspecified atom stereocenters. The molecule has 0 aromatic heterocycles. The van der Waals surface area contributed by atoms with E-state index < -0.39 is 66.2 Å². The van der Waals surface area contributed by atoms with E-state index in [4.69, 9.17) is 16.6 Å². The van der Waals surface area contributed by atoms with Gasteiger partial charge in [0.05, 0.1) is 36.4 Å². The molecule has 8 N–H and O–H groups in total. The minimum Gasteiger partial charge on any atom is -0.481 e. The zero-order chi connectivity index (χ0) is 23.8. The molecule has 1 rings (SSSR count). The first-order valence-electron chi connectivity index (χ1n) is 8.73. The second kappa shape index (κ2) is 11.0. The fourth-order valence-electron chi connectivity index (χ4n) is 2.45. The number of hydrogen-bond acceptors (Lipinski definition) is 5. The summed E-state index contributed by atoms with van der Waals surface area (Å²) in [5.41, 5.74) is 8.35. The molecule has 0 aliphatic carbocycles. The number of aliphatic hydroxyl groups is 1. The summed E-state index contributed by atoms with van der Waals surface area (Å²) in [6, 6.07) is 1.02. The molecule has 31 heavy (non-hydrogen) atoms. The van der Waals surface area contributed by atoms with Crippen molar-refractivity contribution in [3.05, 3.63) is 42.0 Å². The number of alkyl halides is 3. The SMILES string of the molecule is C=CCC(O)C(CC(=O)O)NC(=O)CNC(=O)c1cc(N=C(N)N)cc(C(F)(F)F)c1. The summed E-state index contributed by atoms with van der Waals surface area (Å²) in [5, 5.41) is 23.1. The zero-order valence-electron chi connectivity index (χ0n) is 16.1. The highest BCUT2D eigenvalue weighted by atomic mass is 19.4. The molecule has 0 aliphatic heterocycles. The topological polar surface area (TPSA) is 180 Å². The monoisotopic (exact) mass is 445 g/mol. The molecule has 2 amide bonds. The Bertz CT molecular complexity index is 869. The summed E-state index contributed by atoms with van der Waals surface area (Å²) in [6.45, 7) is 2.71. The van der Waals surface area contributed by atoms with Crippen LogP contribution in [0.4, 0.5) is 18.9 Å². The maximum atomic E-state index is 13.1. The summed E-state index contributed by atoms with van der Waals surface area (Å²) in [7, 11) is 0. The lowest BCUT2D eigenvalue weighted by Gasteiger charge is -2.22. The summed E-state index contributed by atoms with van der Waals surface area (Å²) in [6.07, 6.45) is -5.28. The summed E-state index contributed by atoms with van der Waals surface area (Å²) < 4.78 is 39.2. The maximum absolute atomic E-state index is 13.1. The van der Waals surface area contributed by atoms with E-state index in [0.29, 0.717) is 12.1 Å². The molecule has 0 heterocycles. The lowest BCUT2D eigenvalue weighted by Crippen LogP contribution is -2.48. The molecule has 1 aromatic rings. The third kappa shape index (κ3) is 8.74. The zero-order valence-corrected chi connectivity index (χ0v) is 16.1. The second-order valence-corrected chi connectivity index (χ2v) is 6.35. The molecular weight excluding hydrogens is 423 g/mol. The lowest BCUT2D eigenvalue weighted by molar-refractivity contribution is -0.139. The van der Waals surface area contributed by atoms with Gasteiger partial charge in [-0.05, 0) is 24.6 Å². The third-order valence-electron chi connectivity index (χ3n) is 3.79. The van der Waals surface area contributed by atoms with E-state index in [1.54, 1.807) is 0 Å². The van der Waals surface area contributed by atoms with Crippen LogP contribution >= 0.6 is 0 Å². The molecule has 0 aliphatic rings. The van der Waals surface area contributed by atoms with Gasteiger partial charge < -0.3 is 32.3 Å². The van der Waals surface area contributed by atoms with Crippen LogP contribution in [0.5, 0.6) is 0 Å². The first-order chi connectivity index (χ1) is 14.3. The summed E-state index contributed by atoms with van der Waals surface area (Å²) >= 11 is 0. The molecule has 0 saturated heterocycles. The third-order valence-corrected chi connectivity index (χ3v) is 3.79. The number of carboxylic acids is 1. The van der Waals surface area contributed by atoms with Gasteiger partial charge in [-0.25, -0.2) is 4.99 Å². The van der Waals surface area contributed by atoms with Gasteiger partial charge in [0.25, 0.3) is 5.91 Å². The van der Waals surface area contributed by atoms with Crippen molar-refractivity contribution in [2.45, 2.75) is 31.2 Å². The number of nitrogens with zero attached hydrogens (tertiary/aromatic N) is 1. The van der Waals surface area contributed by atoms with Crippen LogP contribution in [0, 0.1) is 0 Å². The fourth-order valence-corrected chi connectivity index (χ4v) is 2.45. The Morgan fingerprint density at radius 1 is 1.23 bits per heavy atom. The highest BCUT2D eigenvalue weighted by molar-refractivity contribution is 5.97. The van der Waals surface area contributed by atoms with Crippen LogP contribution < -0.4 is 22.1 Å². The van der Waals surface area contributed by atoms with Crippen LogP contribution in [0.1, 0.15) is 28.8 Å². The number of carboxylic acid groups (broad SMARTS) is 1. The van der Waals surface area contributed by atoms with Crippen LogP contribution in [-0.2, 0) is 15.8 Å². The maximum Gasteiger partial charge on any atom is 0.416 e. The van der Waals surface area contributed by atoms with Gasteiger partial charge in [-0.15, -0.1) is 6.58 Å². The van der Waals surface area contributed by atoms with Crippen LogP contribution in [0.2, 0.25) is 0 Å². The number of rotatable bonds is 10. The Hall–Kier alpha value is -3.61. The van der Waals surface area contributed by atoms with Crippen molar-refractivity contribution >= 4 is 29.4 Å². The van der Waals surface area contributed by atoms with Crippen molar-refractivity contribution in [1.82, 2.24) is 10.6 Å². The average Bonchev–Trinajstić information content (AvgIpc) is 2.63. The predicted octanol–water partition coefficient (Wildman–Crippen LogP) is 0.237. The quantitative estimate of drug-likeness (QED) is 0.169. The molecule has 170 valence electrons. The molecule has 0 fully saturated rings. The van der Waals surface area contributed by atoms with Crippen molar-refractivity contribution in [3.63, 3.8) is 0 Å². The second-order valence-electron chi connectivity index (χ2n) is 6.35. The Morgan fingerprint density at radius 3 is 2.39 bits per heavy atom. The molecule has 2 atom stereocenters. The number of aliphatic hydroxyl groups excluding tert-OH is 1. The Labute approximate surface area is 174 Å². The van der Waals surface area contributed by atoms with Gasteiger partial charge in [0.1, 0.15) is 0 Å². The highest BCUT2D eigenvalue weighted by Gasteiger charge is 2.32. The fraction of sp³-hybridized carbons (Fsp3) is 0.333. The average molecular weight is 445 g/mol. The Kier molecular flexibility index (Phi) is 8.99. The molecule has 1 aromatic carbocycles. The Morgan fingerprint density at radius 2 is 1.87 bits per heavy atom. The summed E-state index contributed by atoms with van der Waals surface area (Å²) in [4.78, 5) is 38.7. The van der Waals surface area contributed by atoms with Crippen molar-refractivity contribution in [1.29, 1.82) is 0 Å². The number of halogens is 3. The number of carbonyl (C=O) groups excluding carboxylic acids is 2. The van der Waals surface area contributed by atoms with E-state index in [1.165, 1.54) is 6.08 Å². The van der Waals surface area contributed by atoms with Crippen molar-refractivity contribution in [2.24, 2.45) is 16.5 Å². The first kappa shape index (κ1) is 25.4. The lowest BCUT2D eigenvalue weighted by atomic mass is 10.0. The van der Waals surface area contributed by atoms with Crippen molar-refractivity contribution in [3.8, 4) is 0 Å². The van der Waals surface area contributed by atoms with Gasteiger partial charge in [-0.2, -0.15) is 13.2 Å². The van der Waals surface area contributed by atoms with Crippen LogP contribution in [0.3, 0.4) is 0 Å². The van der Waals surface area contributed by atoms with E-state index in [2.05, 4.69) is 22.2 Å². The Balaban J connectivity index is 2.93. The number of amides is 2. The van der Waals surface area contributed by atoms with E-state index in [9.17, 15) is 32.7 Å². The number of nitrogens with two attached hydrogens (primary N) is 2. The molecule has 0 saturated carbocycles. The van der Waals surface area contributed by atoms with E-state index in [0.717, 1.165) is 6.07 Å². The predicted molar refractivity (Wildman–Crippen MR) is 104 cm³/mol. The normalized spacial score (nSPS) is 12.9. The molecule has 10 nitrogen and oxygen atoms in total. The molecule has 0 spiro atoms. The van der Waals surface area contributed by atoms with Gasteiger partial charge in [0.2, 0.25) is 5.91 Å². The largest absolute Gasteiger partial charge is 0.481 e. The smallest absolute Gasteiger partial charge is 0.416 e. The van der Waals surface area contributed by atoms with E-state index in [-0.39, 0.29) is 12.1 Å². The van der Waals surface area contributed by atoms with Gasteiger partial charge in [-0.1, -0.05) is 6.08 Å². The number of carbonyl (C=O) groups is 3. The van der Waals surface area contributed by atoms with E-state index >= 15 is 0 Å². The van der Waals surface area contributed by atoms with Gasteiger partial charge >= 0.3 is 12.1 Å². The van der Waals surface area contributed by atoms with Crippen LogP contribution in [0.25, 0.3) is 0 Å². The minimum absolute atomic E-state index is 0.00237. The minimum atomic E-state index is -4.79. The molecule has 13 heteroatoms. The number of hydrogen-bond donors (Lipinski definition) is 6. The summed E-state index contributed by atoms with van der Waals surface area (Å²) in [5.74, 6) is -3.70. The van der Waals surface area contributed by atoms with Gasteiger partial charge in [0.15, 0.2) is 5.96 Å². The number of aliphatic carboxylic acids is 1. The number of nitrogens with one attached hydrogen (secondary N) is 2. The molecule has 0 bridgehead atoms. The van der Waals surface area contributed by atoms with E-state index in [1.807, 2.05) is 0 Å². The van der Waals surface area contributed by atoms with Gasteiger partial charge in [0, 0.05) is 5.56 Å². The first-order valence-corrected chi connectivity index (χ1v) is 8.73. The number of benzene rings is 1. The molecular formula is C18H22F3N5O5.